The van der Waals surface area contributed by atoms with Gasteiger partial charge < -0.3 is 5.32 Å². The minimum Gasteiger partial charge on any atom is -0.325 e. The van der Waals surface area contributed by atoms with Crippen LogP contribution >= 0.6 is 0 Å². The Labute approximate surface area is 112 Å². The molecule has 1 aromatic heterocycles. The number of nitrogens with one attached hydrogen (secondary N) is 1. The Hall–Kier alpha value is -2.25. The Morgan fingerprint density at radius 1 is 1.30 bits per heavy atom. The van der Waals surface area contributed by atoms with E-state index in [0.29, 0.717) is 15.9 Å². The van der Waals surface area contributed by atoms with E-state index in [1.165, 1.54) is 0 Å². The number of hydrogen-bond donors (Lipinski definition) is 1. The first-order valence-corrected chi connectivity index (χ1v) is 5.86. The molecule has 1 atom stereocenters. The van der Waals surface area contributed by atoms with Crippen LogP contribution in [-0.2, 0) is 0 Å². The summed E-state index contributed by atoms with van der Waals surface area (Å²) in [7, 11) is 1.11. The first-order chi connectivity index (χ1) is 9.25. The molecule has 0 radical (unpaired) electrons. The highest BCUT2D eigenvalue weighted by atomic mass is 19.4. The molecule has 0 bridgehead atoms. The summed E-state index contributed by atoms with van der Waals surface area (Å²) in [5, 5.41) is 2.31. The zero-order valence-electron chi connectivity index (χ0n) is 10.7. The predicted octanol–water partition coefficient (Wildman–Crippen LogP) is 2.64. The van der Waals surface area contributed by atoms with Gasteiger partial charge in [0.15, 0.2) is 0 Å². The van der Waals surface area contributed by atoms with Gasteiger partial charge >= 0.3 is 12.2 Å². The van der Waals surface area contributed by atoms with E-state index in [9.17, 15) is 18.0 Å². The molecule has 0 aliphatic carbocycles. The van der Waals surface area contributed by atoms with Crippen molar-refractivity contribution in [1.29, 1.82) is 0 Å². The topological polar surface area (TPSA) is 50.2 Å². The highest BCUT2D eigenvalue weighted by molar-refractivity contribution is 5.94. The van der Waals surface area contributed by atoms with E-state index in [-0.39, 0.29) is 5.95 Å². The predicted molar refractivity (Wildman–Crippen MR) is 66.4 cm³/mol. The lowest BCUT2D eigenvalue weighted by atomic mass is 10.1. The van der Waals surface area contributed by atoms with Crippen LogP contribution in [0, 0.1) is 0 Å². The number of alkyl halides is 3. The summed E-state index contributed by atoms with van der Waals surface area (Å²) in [4.78, 5) is 16.9. The highest BCUT2D eigenvalue weighted by Crippen LogP contribution is 2.39. The number of rotatable bonds is 0. The van der Waals surface area contributed by atoms with Crippen LogP contribution in [0.15, 0.2) is 24.3 Å². The van der Waals surface area contributed by atoms with E-state index in [4.69, 9.17) is 0 Å². The minimum atomic E-state index is -4.62. The molecule has 106 valence electrons. The minimum absolute atomic E-state index is 0.103. The normalized spacial score (nSPS) is 22.9. The third kappa shape index (κ3) is 1.44. The summed E-state index contributed by atoms with van der Waals surface area (Å²) in [5.74, 6) is -0.103. The van der Waals surface area contributed by atoms with Gasteiger partial charge in [-0.25, -0.2) is 14.3 Å². The second-order valence-corrected chi connectivity index (χ2v) is 4.80. The molecule has 2 heterocycles. The number of amides is 1. The molecule has 8 heteroatoms. The lowest BCUT2D eigenvalue weighted by molar-refractivity contribution is -0.205. The van der Waals surface area contributed by atoms with Crippen molar-refractivity contribution in [2.24, 2.45) is 0 Å². The number of imidazole rings is 1. The standard InChI is InChI=1S/C12H11F3N4O/c1-11(12(13,14)15)17-9-16-7-5-3-4-6-8(7)19(9)10(20)18(11)2/h3-6H,1-2H3,(H,16,17). The van der Waals surface area contributed by atoms with E-state index in [1.54, 1.807) is 24.3 Å². The summed E-state index contributed by atoms with van der Waals surface area (Å²) in [5.41, 5.74) is -1.55. The fourth-order valence-electron chi connectivity index (χ4n) is 2.21. The van der Waals surface area contributed by atoms with E-state index >= 15 is 0 Å². The van der Waals surface area contributed by atoms with E-state index < -0.39 is 17.9 Å². The third-order valence-electron chi connectivity index (χ3n) is 3.62. The zero-order valence-corrected chi connectivity index (χ0v) is 10.7. The van der Waals surface area contributed by atoms with Crippen LogP contribution in [0.2, 0.25) is 0 Å². The van der Waals surface area contributed by atoms with Crippen molar-refractivity contribution in [2.75, 3.05) is 12.4 Å². The van der Waals surface area contributed by atoms with Crippen LogP contribution in [0.3, 0.4) is 0 Å². The summed E-state index contributed by atoms with van der Waals surface area (Å²) >= 11 is 0. The van der Waals surface area contributed by atoms with Gasteiger partial charge in [-0.2, -0.15) is 13.2 Å². The number of benzene rings is 1. The summed E-state index contributed by atoms with van der Waals surface area (Å²) < 4.78 is 40.8. The summed E-state index contributed by atoms with van der Waals surface area (Å²) in [6, 6.07) is 5.91. The second kappa shape index (κ2) is 3.65. The number of halogens is 3. The molecule has 5 nitrogen and oxygen atoms in total. The molecule has 1 aliphatic rings. The largest absolute Gasteiger partial charge is 0.430 e. The summed E-state index contributed by atoms with van der Waals surface area (Å²) in [6.45, 7) is 0.910. The molecule has 1 aliphatic heterocycles. The smallest absolute Gasteiger partial charge is 0.325 e. The van der Waals surface area contributed by atoms with Crippen molar-refractivity contribution in [3.8, 4) is 0 Å². The molecular weight excluding hydrogens is 273 g/mol. The molecule has 0 saturated carbocycles. The average molecular weight is 284 g/mol. The first-order valence-electron chi connectivity index (χ1n) is 5.86. The Morgan fingerprint density at radius 2 is 1.95 bits per heavy atom. The maximum atomic E-state index is 13.2. The second-order valence-electron chi connectivity index (χ2n) is 4.80. The Balaban J connectivity index is 2.24. The Bertz CT molecular complexity index is 708. The number of anilines is 1. The van der Waals surface area contributed by atoms with Gasteiger partial charge in [-0.15, -0.1) is 0 Å². The molecule has 3 rings (SSSR count). The zero-order chi connectivity index (χ0) is 14.7. The fourth-order valence-corrected chi connectivity index (χ4v) is 2.21. The molecule has 1 unspecified atom stereocenters. The molecule has 0 fully saturated rings. The molecule has 1 amide bonds. The van der Waals surface area contributed by atoms with Crippen LogP contribution in [0.4, 0.5) is 23.9 Å². The van der Waals surface area contributed by atoms with Gasteiger partial charge in [0.2, 0.25) is 11.6 Å². The van der Waals surface area contributed by atoms with E-state index in [2.05, 4.69) is 10.3 Å². The van der Waals surface area contributed by atoms with Crippen molar-refractivity contribution in [3.05, 3.63) is 24.3 Å². The fraction of sp³-hybridized carbons (Fsp3) is 0.333. The molecular formula is C12H11F3N4O. The molecule has 1 aromatic carbocycles. The molecule has 20 heavy (non-hydrogen) atoms. The highest BCUT2D eigenvalue weighted by Gasteiger charge is 2.59. The van der Waals surface area contributed by atoms with Gasteiger partial charge in [-0.3, -0.25) is 4.90 Å². The van der Waals surface area contributed by atoms with Crippen LogP contribution in [0.25, 0.3) is 11.0 Å². The quantitative estimate of drug-likeness (QED) is 0.809. The first kappa shape index (κ1) is 12.8. The van der Waals surface area contributed by atoms with Crippen LogP contribution in [-0.4, -0.2) is 39.4 Å². The maximum absolute atomic E-state index is 13.2. The van der Waals surface area contributed by atoms with E-state index in [1.807, 2.05) is 0 Å². The number of carbonyl (C=O) groups is 1. The molecule has 2 aromatic rings. The van der Waals surface area contributed by atoms with Gasteiger partial charge in [0, 0.05) is 7.05 Å². The number of nitrogens with zero attached hydrogens (tertiary/aromatic N) is 3. The van der Waals surface area contributed by atoms with E-state index in [0.717, 1.165) is 18.5 Å². The third-order valence-corrected chi connectivity index (χ3v) is 3.62. The van der Waals surface area contributed by atoms with Gasteiger partial charge in [0.25, 0.3) is 0 Å². The van der Waals surface area contributed by atoms with Crippen molar-refractivity contribution < 1.29 is 18.0 Å². The van der Waals surface area contributed by atoms with Gasteiger partial charge in [-0.1, -0.05) is 12.1 Å². The number of hydrogen-bond acceptors (Lipinski definition) is 3. The maximum Gasteiger partial charge on any atom is 0.430 e. The monoisotopic (exact) mass is 284 g/mol. The lowest BCUT2D eigenvalue weighted by Crippen LogP contribution is -2.65. The Kier molecular flexibility index (Phi) is 2.33. The number of carbonyl (C=O) groups excluding carboxylic acids is 1. The van der Waals surface area contributed by atoms with Crippen molar-refractivity contribution in [1.82, 2.24) is 14.5 Å². The van der Waals surface area contributed by atoms with Crippen LogP contribution < -0.4 is 5.32 Å². The molecule has 0 spiro atoms. The van der Waals surface area contributed by atoms with Gasteiger partial charge in [0.1, 0.15) is 0 Å². The molecule has 0 saturated heterocycles. The van der Waals surface area contributed by atoms with Gasteiger partial charge in [-0.05, 0) is 19.1 Å². The Morgan fingerprint density at radius 3 is 2.60 bits per heavy atom. The van der Waals surface area contributed by atoms with Crippen molar-refractivity contribution in [3.63, 3.8) is 0 Å². The SMILES string of the molecule is CN1C(=O)n2c(nc3ccccc32)NC1(C)C(F)(F)F. The number of aromatic nitrogens is 2. The van der Waals surface area contributed by atoms with Crippen molar-refractivity contribution in [2.45, 2.75) is 18.8 Å². The number of fused-ring (bicyclic) bond motifs is 3. The lowest BCUT2D eigenvalue weighted by Gasteiger charge is -2.43. The van der Waals surface area contributed by atoms with Crippen molar-refractivity contribution >= 4 is 23.0 Å². The average Bonchev–Trinajstić information content (AvgIpc) is 2.72. The summed E-state index contributed by atoms with van der Waals surface area (Å²) in [6.07, 6.45) is -4.62. The number of para-hydroxylation sites is 2. The molecule has 1 N–H and O–H groups in total. The van der Waals surface area contributed by atoms with Crippen LogP contribution in [0.1, 0.15) is 6.92 Å². The van der Waals surface area contributed by atoms with Crippen LogP contribution in [0.5, 0.6) is 0 Å². The van der Waals surface area contributed by atoms with Gasteiger partial charge in [0.05, 0.1) is 11.0 Å².